The first kappa shape index (κ1) is 15.9. The average molecular weight is 317 g/mol. The Morgan fingerprint density at radius 1 is 1.30 bits per heavy atom. The molecule has 2 fully saturated rings. The van der Waals surface area contributed by atoms with Crippen molar-refractivity contribution in [2.45, 2.75) is 37.9 Å². The summed E-state index contributed by atoms with van der Waals surface area (Å²) in [6.45, 7) is 3.19. The second kappa shape index (κ2) is 6.99. The summed E-state index contributed by atoms with van der Waals surface area (Å²) >= 11 is 6.33. The normalized spacial score (nSPS) is 25.9. The Hall–Kier alpha value is -0.480. The Labute approximate surface area is 132 Å². The minimum atomic E-state index is 0. The van der Waals surface area contributed by atoms with E-state index in [1.807, 2.05) is 12.1 Å². The molecule has 2 atom stereocenters. The maximum absolute atomic E-state index is 6.33. The van der Waals surface area contributed by atoms with Gasteiger partial charge in [0, 0.05) is 30.2 Å². The highest BCUT2D eigenvalue weighted by Crippen LogP contribution is 2.32. The third-order valence-electron chi connectivity index (χ3n) is 4.41. The van der Waals surface area contributed by atoms with Crippen molar-refractivity contribution in [3.63, 3.8) is 0 Å². The van der Waals surface area contributed by atoms with E-state index in [4.69, 9.17) is 16.3 Å². The van der Waals surface area contributed by atoms with Crippen LogP contribution in [0.4, 0.5) is 0 Å². The maximum Gasteiger partial charge on any atom is 0.119 e. The molecule has 0 spiro atoms. The van der Waals surface area contributed by atoms with Crippen molar-refractivity contribution in [2.75, 3.05) is 20.2 Å². The van der Waals surface area contributed by atoms with E-state index < -0.39 is 0 Å². The number of ether oxygens (including phenoxy) is 1. The highest BCUT2D eigenvalue weighted by Gasteiger charge is 2.34. The molecule has 1 aromatic carbocycles. The van der Waals surface area contributed by atoms with Crippen LogP contribution in [0.15, 0.2) is 18.2 Å². The van der Waals surface area contributed by atoms with Gasteiger partial charge in [-0.05, 0) is 49.6 Å². The van der Waals surface area contributed by atoms with Gasteiger partial charge in [0.2, 0.25) is 0 Å². The Bertz CT molecular complexity index is 441. The fourth-order valence-electron chi connectivity index (χ4n) is 3.34. The standard InChI is InChI=1S/C15H21ClN2O.ClH/c1-19-14-4-5-15(16)11(8-14)10-18-12-2-3-13(18)9-17-7-6-12;/h4-5,8,12-13,17H,2-3,6-7,9-10H2,1H3;1H. The molecule has 2 heterocycles. The third kappa shape index (κ3) is 3.22. The number of nitrogens with zero attached hydrogens (tertiary/aromatic N) is 1. The van der Waals surface area contributed by atoms with Crippen LogP contribution < -0.4 is 10.1 Å². The van der Waals surface area contributed by atoms with Crippen molar-refractivity contribution in [1.82, 2.24) is 10.2 Å². The van der Waals surface area contributed by atoms with Crippen molar-refractivity contribution >= 4 is 24.0 Å². The Kier molecular flexibility index (Phi) is 5.56. The zero-order valence-electron chi connectivity index (χ0n) is 11.8. The molecule has 1 N–H and O–H groups in total. The third-order valence-corrected chi connectivity index (χ3v) is 4.78. The van der Waals surface area contributed by atoms with Gasteiger partial charge in [-0.25, -0.2) is 0 Å². The van der Waals surface area contributed by atoms with E-state index in [2.05, 4.69) is 16.3 Å². The molecule has 5 heteroatoms. The highest BCUT2D eigenvalue weighted by atomic mass is 35.5. The summed E-state index contributed by atoms with van der Waals surface area (Å²) in [5.74, 6) is 0.889. The van der Waals surface area contributed by atoms with Crippen LogP contribution in [0.2, 0.25) is 5.02 Å². The van der Waals surface area contributed by atoms with Crippen molar-refractivity contribution in [1.29, 1.82) is 0 Å². The Morgan fingerprint density at radius 3 is 2.90 bits per heavy atom. The minimum Gasteiger partial charge on any atom is -0.497 e. The monoisotopic (exact) mass is 316 g/mol. The van der Waals surface area contributed by atoms with E-state index in [-0.39, 0.29) is 12.4 Å². The highest BCUT2D eigenvalue weighted by molar-refractivity contribution is 6.31. The van der Waals surface area contributed by atoms with Crippen molar-refractivity contribution in [3.8, 4) is 5.75 Å². The summed E-state index contributed by atoms with van der Waals surface area (Å²) < 4.78 is 5.30. The van der Waals surface area contributed by atoms with Crippen LogP contribution in [0.25, 0.3) is 0 Å². The number of rotatable bonds is 3. The van der Waals surface area contributed by atoms with Crippen LogP contribution in [-0.4, -0.2) is 37.2 Å². The molecule has 0 aromatic heterocycles. The lowest BCUT2D eigenvalue weighted by molar-refractivity contribution is 0.193. The molecular formula is C15H22Cl2N2O. The van der Waals surface area contributed by atoms with Gasteiger partial charge in [0.1, 0.15) is 5.75 Å². The molecule has 2 aliphatic heterocycles. The lowest BCUT2D eigenvalue weighted by Gasteiger charge is -2.28. The number of halogens is 2. The summed E-state index contributed by atoms with van der Waals surface area (Å²) in [6.07, 6.45) is 3.88. The average Bonchev–Trinajstić information content (AvgIpc) is 2.65. The first-order chi connectivity index (χ1) is 9.28. The van der Waals surface area contributed by atoms with E-state index in [1.54, 1.807) is 7.11 Å². The molecule has 0 aliphatic carbocycles. The predicted octanol–water partition coefficient (Wildman–Crippen LogP) is 3.10. The quantitative estimate of drug-likeness (QED) is 0.927. The predicted molar refractivity (Wildman–Crippen MR) is 85.1 cm³/mol. The van der Waals surface area contributed by atoms with Crippen molar-refractivity contribution in [3.05, 3.63) is 28.8 Å². The number of methoxy groups -OCH3 is 1. The summed E-state index contributed by atoms with van der Waals surface area (Å²) in [5.41, 5.74) is 1.18. The molecule has 2 bridgehead atoms. The lowest BCUT2D eigenvalue weighted by atomic mass is 10.1. The Balaban J connectivity index is 0.00000147. The number of benzene rings is 1. The van der Waals surface area contributed by atoms with Gasteiger partial charge >= 0.3 is 0 Å². The van der Waals surface area contributed by atoms with Crippen LogP contribution in [0.1, 0.15) is 24.8 Å². The molecular weight excluding hydrogens is 295 g/mol. The number of hydrogen-bond donors (Lipinski definition) is 1. The molecule has 2 aliphatic rings. The van der Waals surface area contributed by atoms with Gasteiger partial charge in [-0.15, -0.1) is 12.4 Å². The largest absolute Gasteiger partial charge is 0.497 e. The first-order valence-electron chi connectivity index (χ1n) is 7.07. The molecule has 3 rings (SSSR count). The van der Waals surface area contributed by atoms with Gasteiger partial charge in [-0.3, -0.25) is 4.90 Å². The zero-order chi connectivity index (χ0) is 13.2. The van der Waals surface area contributed by atoms with Crippen LogP contribution in [0.3, 0.4) is 0 Å². The minimum absolute atomic E-state index is 0. The molecule has 0 amide bonds. The van der Waals surface area contributed by atoms with Gasteiger partial charge < -0.3 is 10.1 Å². The van der Waals surface area contributed by atoms with Gasteiger partial charge in [-0.2, -0.15) is 0 Å². The summed E-state index contributed by atoms with van der Waals surface area (Å²) in [7, 11) is 1.70. The van der Waals surface area contributed by atoms with Crippen LogP contribution >= 0.6 is 24.0 Å². The van der Waals surface area contributed by atoms with Crippen molar-refractivity contribution in [2.24, 2.45) is 0 Å². The van der Waals surface area contributed by atoms with Crippen LogP contribution in [-0.2, 0) is 6.54 Å². The Morgan fingerprint density at radius 2 is 2.10 bits per heavy atom. The summed E-state index contributed by atoms with van der Waals surface area (Å²) in [5, 5.41) is 4.38. The lowest BCUT2D eigenvalue weighted by Crippen LogP contribution is -2.37. The van der Waals surface area contributed by atoms with E-state index in [0.717, 1.165) is 30.4 Å². The van der Waals surface area contributed by atoms with Gasteiger partial charge in [0.15, 0.2) is 0 Å². The fourth-order valence-corrected chi connectivity index (χ4v) is 3.51. The molecule has 20 heavy (non-hydrogen) atoms. The number of fused-ring (bicyclic) bond motifs is 2. The molecule has 3 nitrogen and oxygen atoms in total. The second-order valence-corrected chi connectivity index (χ2v) is 5.91. The van der Waals surface area contributed by atoms with Gasteiger partial charge in [0.25, 0.3) is 0 Å². The van der Waals surface area contributed by atoms with Gasteiger partial charge in [0.05, 0.1) is 7.11 Å². The number of hydrogen-bond acceptors (Lipinski definition) is 3. The van der Waals surface area contributed by atoms with Gasteiger partial charge in [-0.1, -0.05) is 11.6 Å². The molecule has 0 saturated carbocycles. The first-order valence-corrected chi connectivity index (χ1v) is 7.44. The zero-order valence-corrected chi connectivity index (χ0v) is 13.3. The molecule has 0 radical (unpaired) electrons. The van der Waals surface area contributed by atoms with Crippen LogP contribution in [0, 0.1) is 0 Å². The number of nitrogens with one attached hydrogen (secondary N) is 1. The molecule has 2 unspecified atom stereocenters. The molecule has 1 aromatic rings. The van der Waals surface area contributed by atoms with E-state index in [0.29, 0.717) is 12.1 Å². The maximum atomic E-state index is 6.33. The van der Waals surface area contributed by atoms with E-state index in [1.165, 1.54) is 24.8 Å². The summed E-state index contributed by atoms with van der Waals surface area (Å²) in [4.78, 5) is 2.63. The second-order valence-electron chi connectivity index (χ2n) is 5.51. The summed E-state index contributed by atoms with van der Waals surface area (Å²) in [6, 6.07) is 7.30. The molecule has 112 valence electrons. The van der Waals surface area contributed by atoms with E-state index >= 15 is 0 Å². The fraction of sp³-hybridized carbons (Fsp3) is 0.600. The van der Waals surface area contributed by atoms with Crippen molar-refractivity contribution < 1.29 is 4.74 Å². The molecule has 2 saturated heterocycles. The smallest absolute Gasteiger partial charge is 0.119 e. The SMILES string of the molecule is COc1ccc(Cl)c(CN2C3CCNCC2CC3)c1.Cl. The van der Waals surface area contributed by atoms with Crippen LogP contribution in [0.5, 0.6) is 5.75 Å². The van der Waals surface area contributed by atoms with E-state index in [9.17, 15) is 0 Å². The topological polar surface area (TPSA) is 24.5 Å².